The van der Waals surface area contributed by atoms with Gasteiger partial charge >= 0.3 is 93.5 Å². The topological polar surface area (TPSA) is 114 Å². The molecule has 24 heavy (non-hydrogen) atoms. The maximum Gasteiger partial charge on any atom is 4.00 e. The van der Waals surface area contributed by atoms with Gasteiger partial charge in [0.15, 0.2) is 0 Å². The zero-order valence-corrected chi connectivity index (χ0v) is 20.8. The van der Waals surface area contributed by atoms with Gasteiger partial charge in [-0.3, -0.25) is 9.59 Å². The van der Waals surface area contributed by atoms with Crippen molar-refractivity contribution in [3.63, 3.8) is 0 Å². The zero-order valence-electron chi connectivity index (χ0n) is 15.1. The van der Waals surface area contributed by atoms with Crippen molar-refractivity contribution in [2.45, 2.75) is 75.1 Å². The van der Waals surface area contributed by atoms with Crippen molar-refractivity contribution >= 4 is 68.6 Å². The summed E-state index contributed by atoms with van der Waals surface area (Å²) < 4.78 is 3.25. The van der Waals surface area contributed by atoms with Crippen molar-refractivity contribution in [3.05, 3.63) is 0 Å². The first-order valence-electron chi connectivity index (χ1n) is 7.76. The summed E-state index contributed by atoms with van der Waals surface area (Å²) in [4.78, 5) is 38.6. The maximum atomic E-state index is 9.83. The summed E-state index contributed by atoms with van der Waals surface area (Å²) >= 11 is 0.149. The quantitative estimate of drug-likeness (QED) is 0.217. The third-order valence-electron chi connectivity index (χ3n) is 2.20. The normalized spacial score (nSPS) is 8.17. The minimum atomic E-state index is -1.31. The summed E-state index contributed by atoms with van der Waals surface area (Å²) in [6.45, 7) is 6.99. The molecule has 0 N–H and O–H groups in total. The summed E-state index contributed by atoms with van der Waals surface area (Å²) in [5, 5.41) is 19.0. The predicted molar refractivity (Wildman–Crippen MR) is 91.5 cm³/mol. The summed E-state index contributed by atoms with van der Waals surface area (Å²) in [7, 11) is 0. The van der Waals surface area contributed by atoms with Gasteiger partial charge in [0.05, 0.1) is 0 Å². The van der Waals surface area contributed by atoms with Crippen LogP contribution in [-0.4, -0.2) is 68.6 Å². The van der Waals surface area contributed by atoms with E-state index >= 15 is 0 Å². The van der Waals surface area contributed by atoms with Gasteiger partial charge in [-0.2, -0.15) is 0 Å². The van der Waals surface area contributed by atoms with Crippen LogP contribution >= 0.6 is 0 Å². The molecule has 0 spiro atoms. The van der Waals surface area contributed by atoms with Crippen LogP contribution in [0.2, 0.25) is 8.87 Å². The second-order valence-electron chi connectivity index (χ2n) is 4.96. The standard InChI is InChI=1S/2C4H6O3.2C4H9.2Sn/c2*1-3(5)2-4(6)7;2*1-3-4-2;;/h2*2H2,1H3,(H,6,7);2*1,3-4H2,2H3;;/q;;;;+2;+4/p-2. The van der Waals surface area contributed by atoms with Crippen molar-refractivity contribution in [1.29, 1.82) is 0 Å². The Hall–Kier alpha value is -0.123. The van der Waals surface area contributed by atoms with E-state index in [9.17, 15) is 29.4 Å². The van der Waals surface area contributed by atoms with Gasteiger partial charge in [0.25, 0.3) is 0 Å². The molecule has 0 aromatic rings. The van der Waals surface area contributed by atoms with Gasteiger partial charge in [-0.05, 0) is 13.8 Å². The fourth-order valence-electron chi connectivity index (χ4n) is 1.14. The first-order valence-corrected chi connectivity index (χ1v) is 11.8. The number of carbonyl (C=O) groups excluding carboxylic acids is 4. The van der Waals surface area contributed by atoms with Gasteiger partial charge in [0.1, 0.15) is 11.6 Å². The monoisotopic (exact) mass is 556 g/mol. The molecule has 0 aliphatic rings. The van der Waals surface area contributed by atoms with E-state index < -0.39 is 24.8 Å². The number of ketones is 2. The Morgan fingerprint density at radius 3 is 1.17 bits per heavy atom. The Bertz CT molecular complexity index is 289. The van der Waals surface area contributed by atoms with Crippen LogP contribution in [0.25, 0.3) is 0 Å². The van der Waals surface area contributed by atoms with Crippen LogP contribution < -0.4 is 10.2 Å². The molecule has 0 saturated heterocycles. The number of unbranched alkanes of at least 4 members (excludes halogenated alkanes) is 2. The van der Waals surface area contributed by atoms with E-state index in [4.69, 9.17) is 0 Å². The number of hydrogen-bond acceptors (Lipinski definition) is 6. The van der Waals surface area contributed by atoms with Crippen LogP contribution in [0.15, 0.2) is 0 Å². The largest absolute Gasteiger partial charge is 4.00 e. The number of rotatable bonds is 10. The van der Waals surface area contributed by atoms with Crippen LogP contribution in [0.3, 0.4) is 0 Å². The molecule has 0 atom stereocenters. The maximum absolute atomic E-state index is 9.83. The van der Waals surface area contributed by atoms with Gasteiger partial charge in [-0.15, -0.1) is 0 Å². The molecule has 0 radical (unpaired) electrons. The van der Waals surface area contributed by atoms with E-state index in [1.165, 1.54) is 39.5 Å². The molecule has 8 heteroatoms. The van der Waals surface area contributed by atoms with Gasteiger partial charge in [-0.25, -0.2) is 0 Å². The molecule has 0 fully saturated rings. The summed E-state index contributed by atoms with van der Waals surface area (Å²) in [5.74, 6) is -3.37. The average molecular weight is 554 g/mol. The number of hydrogen-bond donors (Lipinski definition) is 0. The second kappa shape index (κ2) is 25.1. The molecule has 0 aliphatic carbocycles. The van der Waals surface area contributed by atoms with Crippen LogP contribution in [0.4, 0.5) is 0 Å². The van der Waals surface area contributed by atoms with Crippen LogP contribution in [0.5, 0.6) is 0 Å². The molecule has 0 rings (SSSR count). The molecule has 0 aromatic carbocycles. The molecule has 0 aliphatic heterocycles. The number of carboxylic acid groups (broad SMARTS) is 2. The Kier molecular flexibility index (Phi) is 33.1. The Morgan fingerprint density at radius 2 is 1.04 bits per heavy atom. The molecule has 0 aromatic heterocycles. The zero-order chi connectivity index (χ0) is 18.7. The van der Waals surface area contributed by atoms with Gasteiger partial charge in [-0.1, -0.05) is 0 Å². The van der Waals surface area contributed by atoms with Crippen molar-refractivity contribution < 1.29 is 29.4 Å². The fraction of sp³-hybridized carbons (Fsp3) is 0.750. The van der Waals surface area contributed by atoms with E-state index in [1.807, 2.05) is 0 Å². The van der Waals surface area contributed by atoms with Gasteiger partial charge in [0.2, 0.25) is 0 Å². The Morgan fingerprint density at radius 1 is 0.750 bits per heavy atom. The minimum Gasteiger partial charge on any atom is 4.00 e. The molecule has 132 valence electrons. The predicted octanol–water partition coefficient (Wildman–Crippen LogP) is 0.177. The third kappa shape index (κ3) is 49.5. The molecule has 0 amide bonds. The smallest absolute Gasteiger partial charge is 4.00 e. The summed E-state index contributed by atoms with van der Waals surface area (Å²) in [5.41, 5.74) is 0. The average Bonchev–Trinajstić information content (AvgIpc) is 2.36. The Labute approximate surface area is 172 Å². The first kappa shape index (κ1) is 31.6. The summed E-state index contributed by atoms with van der Waals surface area (Å²) in [6, 6.07) is 0. The molecule has 0 unspecified atom stereocenters. The SMILES string of the molecule is CC(=O)CC(=O)[O-].CC(=O)CC(=O)[O-].CCC[CH2][Sn+2][CH2]CCC.[Sn+4]. The van der Waals surface area contributed by atoms with Crippen LogP contribution in [0, 0.1) is 0 Å². The van der Waals surface area contributed by atoms with Crippen molar-refractivity contribution in [1.82, 2.24) is 0 Å². The third-order valence-corrected chi connectivity index (χ3v) is 6.24. The van der Waals surface area contributed by atoms with Crippen molar-refractivity contribution in [2.24, 2.45) is 0 Å². The van der Waals surface area contributed by atoms with Gasteiger partial charge < -0.3 is 19.8 Å². The Balaban J connectivity index is -0.000000124. The first-order chi connectivity index (χ1) is 10.7. The van der Waals surface area contributed by atoms with Crippen LogP contribution in [-0.2, 0) is 19.2 Å². The van der Waals surface area contributed by atoms with E-state index in [2.05, 4.69) is 13.8 Å². The summed E-state index contributed by atoms with van der Waals surface area (Å²) in [6.07, 6.45) is 4.89. The van der Waals surface area contributed by atoms with Crippen LogP contribution in [0.1, 0.15) is 66.2 Å². The molecule has 6 nitrogen and oxygen atoms in total. The van der Waals surface area contributed by atoms with Crippen molar-refractivity contribution in [2.75, 3.05) is 0 Å². The number of carboxylic acids is 2. The molecular formula is C16H28O6Sn2+4. The minimum absolute atomic E-state index is 0. The van der Waals surface area contributed by atoms with E-state index in [0.29, 0.717) is 0 Å². The second-order valence-corrected chi connectivity index (χ2v) is 9.24. The molecule has 0 heterocycles. The number of carbonyl (C=O) groups is 4. The van der Waals surface area contributed by atoms with Crippen molar-refractivity contribution in [3.8, 4) is 0 Å². The van der Waals surface area contributed by atoms with E-state index in [0.717, 1.165) is 0 Å². The fourth-order valence-corrected chi connectivity index (χ4v) is 5.29. The van der Waals surface area contributed by atoms with E-state index in [1.54, 1.807) is 8.87 Å². The molecular weight excluding hydrogens is 526 g/mol. The molecule has 0 saturated carbocycles. The van der Waals surface area contributed by atoms with Gasteiger partial charge in [0, 0.05) is 24.8 Å². The van der Waals surface area contributed by atoms with E-state index in [-0.39, 0.29) is 56.6 Å². The molecule has 0 bridgehead atoms. The number of Topliss-reactive ketones (excluding diaryl/α,β-unsaturated/α-hetero) is 2. The number of aliphatic carboxylic acids is 2.